The van der Waals surface area contributed by atoms with Crippen LogP contribution in [0.15, 0.2) is 12.2 Å². The molecule has 2 aliphatic heterocycles. The molecular formula is C21H36O5. The molecule has 0 saturated carbocycles. The number of hydrogen-bond donors (Lipinski definition) is 2. The number of carbonyl (C=O) groups is 1. The van der Waals surface area contributed by atoms with E-state index < -0.39 is 12.1 Å². The summed E-state index contributed by atoms with van der Waals surface area (Å²) in [5, 5.41) is 19.3. The molecule has 0 aromatic heterocycles. The molecule has 0 radical (unpaired) electrons. The molecule has 0 spiro atoms. The topological polar surface area (TPSA) is 76.0 Å². The minimum atomic E-state index is -0.825. The summed E-state index contributed by atoms with van der Waals surface area (Å²) in [5.74, 6) is -0.0945. The Balaban J connectivity index is 1.86. The molecule has 2 fully saturated rings. The highest BCUT2D eigenvalue weighted by molar-refractivity contribution is 5.66. The van der Waals surface area contributed by atoms with Gasteiger partial charge in [-0.05, 0) is 37.0 Å². The molecule has 150 valence electrons. The van der Waals surface area contributed by atoms with Gasteiger partial charge in [0.15, 0.2) is 0 Å². The van der Waals surface area contributed by atoms with Gasteiger partial charge in [-0.2, -0.15) is 0 Å². The van der Waals surface area contributed by atoms with Gasteiger partial charge in [0.2, 0.25) is 0 Å². The SMILES string of the molecule is CCCCC(C)(C)C(O)/C=C/[C@@H]1[C@H](CCOCCC(=O)O)[C@@H]2CC[C@H]1O2. The maximum absolute atomic E-state index is 10.6. The lowest BCUT2D eigenvalue weighted by atomic mass is 9.76. The van der Waals surface area contributed by atoms with Crippen LogP contribution in [0.3, 0.4) is 0 Å². The zero-order valence-electron chi connectivity index (χ0n) is 16.5. The fourth-order valence-electron chi connectivity index (χ4n) is 4.21. The van der Waals surface area contributed by atoms with Crippen molar-refractivity contribution in [3.63, 3.8) is 0 Å². The van der Waals surface area contributed by atoms with Crippen LogP contribution in [-0.2, 0) is 14.3 Å². The maximum Gasteiger partial charge on any atom is 0.305 e. The van der Waals surface area contributed by atoms with E-state index in [1.807, 2.05) is 6.08 Å². The summed E-state index contributed by atoms with van der Waals surface area (Å²) >= 11 is 0. The average molecular weight is 369 g/mol. The first-order chi connectivity index (χ1) is 12.3. The molecule has 26 heavy (non-hydrogen) atoms. The fraction of sp³-hybridized carbons (Fsp3) is 0.857. The van der Waals surface area contributed by atoms with E-state index in [0.717, 1.165) is 38.5 Å². The van der Waals surface area contributed by atoms with Gasteiger partial charge in [0, 0.05) is 12.5 Å². The maximum atomic E-state index is 10.6. The van der Waals surface area contributed by atoms with Crippen molar-refractivity contribution in [1.29, 1.82) is 0 Å². The molecule has 2 bridgehead atoms. The molecular weight excluding hydrogens is 332 g/mol. The van der Waals surface area contributed by atoms with Gasteiger partial charge in [-0.1, -0.05) is 45.8 Å². The second kappa shape index (κ2) is 9.86. The van der Waals surface area contributed by atoms with Crippen molar-refractivity contribution in [2.45, 2.75) is 84.0 Å². The molecule has 2 heterocycles. The van der Waals surface area contributed by atoms with Crippen LogP contribution in [0.4, 0.5) is 0 Å². The van der Waals surface area contributed by atoms with E-state index in [0.29, 0.717) is 18.4 Å². The average Bonchev–Trinajstić information content (AvgIpc) is 3.19. The van der Waals surface area contributed by atoms with Gasteiger partial charge >= 0.3 is 5.97 Å². The molecule has 5 atom stereocenters. The largest absolute Gasteiger partial charge is 0.481 e. The van der Waals surface area contributed by atoms with Gasteiger partial charge in [0.1, 0.15) is 0 Å². The highest BCUT2D eigenvalue weighted by Crippen LogP contribution is 2.46. The van der Waals surface area contributed by atoms with Crippen molar-refractivity contribution >= 4 is 5.97 Å². The molecule has 0 amide bonds. The Morgan fingerprint density at radius 1 is 1.31 bits per heavy atom. The van der Waals surface area contributed by atoms with Gasteiger partial charge in [-0.15, -0.1) is 0 Å². The van der Waals surface area contributed by atoms with Gasteiger partial charge in [-0.25, -0.2) is 0 Å². The monoisotopic (exact) mass is 368 g/mol. The molecule has 0 aromatic carbocycles. The second-order valence-corrected chi connectivity index (χ2v) is 8.50. The van der Waals surface area contributed by atoms with Gasteiger partial charge in [0.05, 0.1) is 31.3 Å². The standard InChI is InChI=1S/C21H36O5/c1-4-5-12-21(2,3)19(22)9-6-15-16(18-8-7-17(15)26-18)10-13-25-14-11-20(23)24/h6,9,15-19,22H,4-5,7-8,10-14H2,1-3H3,(H,23,24)/b9-6+/t15-,16+,17-,18+,19?/m1/s1. The number of hydrogen-bond acceptors (Lipinski definition) is 4. The summed E-state index contributed by atoms with van der Waals surface area (Å²) in [5.41, 5.74) is -0.111. The van der Waals surface area contributed by atoms with Gasteiger partial charge < -0.3 is 19.7 Å². The summed E-state index contributed by atoms with van der Waals surface area (Å²) in [6.45, 7) is 7.26. The number of carboxylic acids is 1. The number of aliphatic hydroxyl groups is 1. The quantitative estimate of drug-likeness (QED) is 0.405. The number of unbranched alkanes of at least 4 members (excludes halogenated alkanes) is 1. The summed E-state index contributed by atoms with van der Waals surface area (Å²) in [4.78, 5) is 10.5. The minimum absolute atomic E-state index is 0.0512. The predicted octanol–water partition coefficient (Wildman–Crippen LogP) is 3.79. The Morgan fingerprint density at radius 2 is 2.04 bits per heavy atom. The number of rotatable bonds is 12. The summed E-state index contributed by atoms with van der Waals surface area (Å²) in [7, 11) is 0. The van der Waals surface area contributed by atoms with Crippen LogP contribution in [0.2, 0.25) is 0 Å². The van der Waals surface area contributed by atoms with Crippen molar-refractivity contribution in [1.82, 2.24) is 0 Å². The van der Waals surface area contributed by atoms with Crippen LogP contribution in [0.25, 0.3) is 0 Å². The Labute approximate surface area is 157 Å². The van der Waals surface area contributed by atoms with E-state index in [2.05, 4.69) is 26.8 Å². The predicted molar refractivity (Wildman–Crippen MR) is 101 cm³/mol. The zero-order chi connectivity index (χ0) is 19.2. The fourth-order valence-corrected chi connectivity index (χ4v) is 4.21. The second-order valence-electron chi connectivity index (χ2n) is 8.50. The third kappa shape index (κ3) is 5.80. The van der Waals surface area contributed by atoms with Crippen molar-refractivity contribution in [3.8, 4) is 0 Å². The van der Waals surface area contributed by atoms with Crippen molar-refractivity contribution in [2.24, 2.45) is 17.3 Å². The van der Waals surface area contributed by atoms with Gasteiger partial charge in [-0.3, -0.25) is 4.79 Å². The van der Waals surface area contributed by atoms with Crippen LogP contribution in [0, 0.1) is 17.3 Å². The van der Waals surface area contributed by atoms with Crippen LogP contribution in [0.1, 0.15) is 65.7 Å². The third-order valence-corrected chi connectivity index (χ3v) is 6.03. The van der Waals surface area contributed by atoms with E-state index in [9.17, 15) is 9.90 Å². The molecule has 2 saturated heterocycles. The number of ether oxygens (including phenoxy) is 2. The van der Waals surface area contributed by atoms with Crippen LogP contribution in [0.5, 0.6) is 0 Å². The summed E-state index contributed by atoms with van der Waals surface area (Å²) in [6, 6.07) is 0. The minimum Gasteiger partial charge on any atom is -0.481 e. The van der Waals surface area contributed by atoms with E-state index in [-0.39, 0.29) is 30.7 Å². The summed E-state index contributed by atoms with van der Waals surface area (Å²) < 4.78 is 11.6. The van der Waals surface area contributed by atoms with E-state index >= 15 is 0 Å². The molecule has 5 heteroatoms. The van der Waals surface area contributed by atoms with Crippen LogP contribution >= 0.6 is 0 Å². The molecule has 1 unspecified atom stereocenters. The highest BCUT2D eigenvalue weighted by Gasteiger charge is 2.47. The Morgan fingerprint density at radius 3 is 2.73 bits per heavy atom. The number of fused-ring (bicyclic) bond motifs is 2. The lowest BCUT2D eigenvalue weighted by Gasteiger charge is -2.30. The highest BCUT2D eigenvalue weighted by atomic mass is 16.5. The molecule has 2 rings (SSSR count). The molecule has 2 aliphatic rings. The lowest BCUT2D eigenvalue weighted by molar-refractivity contribution is -0.138. The first-order valence-electron chi connectivity index (χ1n) is 10.2. The lowest BCUT2D eigenvalue weighted by Crippen LogP contribution is -2.30. The van der Waals surface area contributed by atoms with E-state index in [1.165, 1.54) is 0 Å². The normalized spacial score (nSPS) is 29.5. The van der Waals surface area contributed by atoms with E-state index in [1.54, 1.807) is 0 Å². The van der Waals surface area contributed by atoms with Crippen LogP contribution in [-0.4, -0.2) is 47.7 Å². The Bertz CT molecular complexity index is 473. The molecule has 2 N–H and O–H groups in total. The van der Waals surface area contributed by atoms with E-state index in [4.69, 9.17) is 14.6 Å². The number of carboxylic acid groups (broad SMARTS) is 1. The zero-order valence-corrected chi connectivity index (χ0v) is 16.5. The Kier molecular flexibility index (Phi) is 8.11. The molecule has 5 nitrogen and oxygen atoms in total. The number of aliphatic hydroxyl groups excluding tert-OH is 1. The smallest absolute Gasteiger partial charge is 0.305 e. The number of aliphatic carboxylic acids is 1. The third-order valence-electron chi connectivity index (χ3n) is 6.03. The van der Waals surface area contributed by atoms with Gasteiger partial charge in [0.25, 0.3) is 0 Å². The van der Waals surface area contributed by atoms with Crippen molar-refractivity contribution in [2.75, 3.05) is 13.2 Å². The van der Waals surface area contributed by atoms with Crippen LogP contribution < -0.4 is 0 Å². The van der Waals surface area contributed by atoms with Crippen molar-refractivity contribution < 1.29 is 24.5 Å². The molecule has 0 aromatic rings. The first-order valence-corrected chi connectivity index (χ1v) is 10.2. The first kappa shape index (κ1) is 21.4. The Hall–Kier alpha value is -0.910. The van der Waals surface area contributed by atoms with Crippen molar-refractivity contribution in [3.05, 3.63) is 12.2 Å². The molecule has 0 aliphatic carbocycles. The summed E-state index contributed by atoms with van der Waals surface area (Å²) in [6.07, 6.45) is 10.6.